The van der Waals surface area contributed by atoms with Gasteiger partial charge in [-0.25, -0.2) is 19.1 Å². The first kappa shape index (κ1) is 15.8. The normalized spacial score (nSPS) is 11.3. The molecule has 2 aromatic rings. The summed E-state index contributed by atoms with van der Waals surface area (Å²) in [6.45, 7) is 7.27. The van der Waals surface area contributed by atoms with Crippen molar-refractivity contribution >= 4 is 12.1 Å². The van der Waals surface area contributed by atoms with Crippen LogP contribution in [0.5, 0.6) is 0 Å². The summed E-state index contributed by atoms with van der Waals surface area (Å²) in [5.74, 6) is -0.438. The first-order valence-electron chi connectivity index (χ1n) is 6.85. The molecule has 118 valence electrons. The van der Waals surface area contributed by atoms with E-state index >= 15 is 0 Å². The Bertz CT molecular complexity index is 678. The monoisotopic (exact) mass is 306 g/mol. The van der Waals surface area contributed by atoms with Gasteiger partial charge in [-0.15, -0.1) is 0 Å². The van der Waals surface area contributed by atoms with Crippen LogP contribution in [0, 0.1) is 0 Å². The lowest BCUT2D eigenvalue weighted by molar-refractivity contribution is 0.0515. The molecule has 0 fully saturated rings. The summed E-state index contributed by atoms with van der Waals surface area (Å²) >= 11 is 0. The van der Waals surface area contributed by atoms with Crippen molar-refractivity contribution < 1.29 is 23.5 Å². The van der Waals surface area contributed by atoms with Gasteiger partial charge in [0.25, 0.3) is 0 Å². The van der Waals surface area contributed by atoms with E-state index in [0.717, 1.165) is 0 Å². The fourth-order valence-electron chi connectivity index (χ4n) is 1.72. The van der Waals surface area contributed by atoms with Crippen LogP contribution in [-0.2, 0) is 9.47 Å². The molecule has 2 heterocycles. The minimum Gasteiger partial charge on any atom is -0.461 e. The predicted octanol–water partition coefficient (Wildman–Crippen LogP) is 3.10. The van der Waals surface area contributed by atoms with E-state index in [1.807, 2.05) is 0 Å². The topological polar surface area (TPSA) is 83.6 Å². The second kappa shape index (κ2) is 6.05. The van der Waals surface area contributed by atoms with E-state index in [2.05, 4.69) is 4.98 Å². The summed E-state index contributed by atoms with van der Waals surface area (Å²) in [4.78, 5) is 27.8. The lowest BCUT2D eigenvalue weighted by Gasteiger charge is -2.20. The zero-order chi connectivity index (χ0) is 16.3. The number of carbonyl (C=O) groups excluding carboxylic acids is 2. The van der Waals surface area contributed by atoms with Crippen LogP contribution in [0.15, 0.2) is 29.0 Å². The van der Waals surface area contributed by atoms with E-state index in [9.17, 15) is 9.59 Å². The van der Waals surface area contributed by atoms with E-state index in [1.54, 1.807) is 39.8 Å². The van der Waals surface area contributed by atoms with Gasteiger partial charge in [0.1, 0.15) is 17.6 Å². The molecule has 7 nitrogen and oxygen atoms in total. The number of aromatic nitrogens is 2. The second-order valence-electron chi connectivity index (χ2n) is 5.50. The van der Waals surface area contributed by atoms with Crippen LogP contribution in [0.25, 0.3) is 11.6 Å². The third-order valence-electron chi connectivity index (χ3n) is 2.55. The highest BCUT2D eigenvalue weighted by molar-refractivity contribution is 5.87. The van der Waals surface area contributed by atoms with Crippen molar-refractivity contribution in [1.82, 2.24) is 9.55 Å². The fraction of sp³-hybridized carbons (Fsp3) is 0.400. The Hall–Kier alpha value is -2.57. The summed E-state index contributed by atoms with van der Waals surface area (Å²) < 4.78 is 16.7. The van der Waals surface area contributed by atoms with E-state index in [1.165, 1.54) is 17.0 Å². The Balaban J connectivity index is 2.26. The SMILES string of the molecule is CCOC(=O)c1coc(-c2cccn2C(=O)OC(C)(C)C)n1. The molecule has 0 aliphatic heterocycles. The van der Waals surface area contributed by atoms with Gasteiger partial charge in [-0.3, -0.25) is 0 Å². The molecule has 0 radical (unpaired) electrons. The Morgan fingerprint density at radius 3 is 2.73 bits per heavy atom. The van der Waals surface area contributed by atoms with Gasteiger partial charge in [-0.1, -0.05) is 0 Å². The molecule has 0 aliphatic rings. The molecule has 0 aliphatic carbocycles. The smallest absolute Gasteiger partial charge is 0.419 e. The summed E-state index contributed by atoms with van der Waals surface area (Å²) in [6, 6.07) is 3.30. The molecule has 0 unspecified atom stereocenters. The van der Waals surface area contributed by atoms with Gasteiger partial charge in [-0.2, -0.15) is 0 Å². The molecular weight excluding hydrogens is 288 g/mol. The fourth-order valence-corrected chi connectivity index (χ4v) is 1.72. The molecule has 22 heavy (non-hydrogen) atoms. The average Bonchev–Trinajstić information content (AvgIpc) is 3.06. The lowest BCUT2D eigenvalue weighted by Crippen LogP contribution is -2.27. The van der Waals surface area contributed by atoms with Gasteiger partial charge >= 0.3 is 12.1 Å². The van der Waals surface area contributed by atoms with E-state index in [4.69, 9.17) is 13.9 Å². The van der Waals surface area contributed by atoms with Crippen molar-refractivity contribution in [1.29, 1.82) is 0 Å². The largest absolute Gasteiger partial charge is 0.461 e. The van der Waals surface area contributed by atoms with Crippen LogP contribution < -0.4 is 0 Å². The first-order chi connectivity index (χ1) is 10.3. The minimum atomic E-state index is -0.620. The van der Waals surface area contributed by atoms with E-state index in [-0.39, 0.29) is 18.2 Å². The first-order valence-corrected chi connectivity index (χ1v) is 6.85. The predicted molar refractivity (Wildman–Crippen MR) is 77.5 cm³/mol. The Morgan fingerprint density at radius 1 is 1.36 bits per heavy atom. The molecule has 0 amide bonds. The number of oxazole rings is 1. The lowest BCUT2D eigenvalue weighted by atomic mass is 10.2. The zero-order valence-corrected chi connectivity index (χ0v) is 13.0. The highest BCUT2D eigenvalue weighted by Crippen LogP contribution is 2.21. The molecule has 7 heteroatoms. The highest BCUT2D eigenvalue weighted by atomic mass is 16.6. The van der Waals surface area contributed by atoms with Gasteiger partial charge in [0.15, 0.2) is 5.69 Å². The number of carbonyl (C=O) groups is 2. The molecule has 0 N–H and O–H groups in total. The highest BCUT2D eigenvalue weighted by Gasteiger charge is 2.22. The number of rotatable bonds is 3. The van der Waals surface area contributed by atoms with E-state index in [0.29, 0.717) is 5.69 Å². The number of ether oxygens (including phenoxy) is 2. The quantitative estimate of drug-likeness (QED) is 0.810. The van der Waals surface area contributed by atoms with Crippen LogP contribution in [0.4, 0.5) is 4.79 Å². The third-order valence-corrected chi connectivity index (χ3v) is 2.55. The molecule has 0 spiro atoms. The van der Waals surface area contributed by atoms with Crippen LogP contribution in [-0.4, -0.2) is 33.8 Å². The molecule has 2 rings (SSSR count). The summed E-state index contributed by atoms with van der Waals surface area (Å²) in [5.41, 5.74) is -0.177. The maximum absolute atomic E-state index is 12.1. The summed E-state index contributed by atoms with van der Waals surface area (Å²) in [5, 5.41) is 0. The van der Waals surface area contributed by atoms with Crippen LogP contribution in [0.3, 0.4) is 0 Å². The molecule has 0 aromatic carbocycles. The molecule has 2 aromatic heterocycles. The van der Waals surface area contributed by atoms with Crippen LogP contribution >= 0.6 is 0 Å². The maximum atomic E-state index is 12.1. The Morgan fingerprint density at radius 2 is 2.09 bits per heavy atom. The van der Waals surface area contributed by atoms with Gasteiger partial charge < -0.3 is 13.9 Å². The number of hydrogen-bond acceptors (Lipinski definition) is 6. The number of hydrogen-bond donors (Lipinski definition) is 0. The van der Waals surface area contributed by atoms with E-state index < -0.39 is 17.7 Å². The number of nitrogens with zero attached hydrogens (tertiary/aromatic N) is 2. The van der Waals surface area contributed by atoms with Gasteiger partial charge in [-0.05, 0) is 39.8 Å². The Kier molecular flexibility index (Phi) is 4.35. The standard InChI is InChI=1S/C15H18N2O5/c1-5-20-13(18)10-9-21-12(16-10)11-7-6-8-17(11)14(19)22-15(2,3)4/h6-9H,5H2,1-4H3. The van der Waals surface area contributed by atoms with Gasteiger partial charge in [0, 0.05) is 6.20 Å². The summed E-state index contributed by atoms with van der Waals surface area (Å²) in [6.07, 6.45) is 2.18. The van der Waals surface area contributed by atoms with Crippen molar-refractivity contribution in [3.8, 4) is 11.6 Å². The van der Waals surface area contributed by atoms with Crippen molar-refractivity contribution in [3.63, 3.8) is 0 Å². The van der Waals surface area contributed by atoms with Crippen molar-refractivity contribution in [2.24, 2.45) is 0 Å². The maximum Gasteiger partial charge on any atom is 0.419 e. The van der Waals surface area contributed by atoms with Gasteiger partial charge in [0.05, 0.1) is 6.61 Å². The van der Waals surface area contributed by atoms with Crippen LogP contribution in [0.2, 0.25) is 0 Å². The second-order valence-corrected chi connectivity index (χ2v) is 5.50. The van der Waals surface area contributed by atoms with Gasteiger partial charge in [0.2, 0.25) is 5.89 Å². The molecular formula is C15H18N2O5. The molecule has 0 saturated heterocycles. The Labute approximate surface area is 127 Å². The van der Waals surface area contributed by atoms with Crippen molar-refractivity contribution in [3.05, 3.63) is 30.3 Å². The van der Waals surface area contributed by atoms with Crippen molar-refractivity contribution in [2.75, 3.05) is 6.61 Å². The third kappa shape index (κ3) is 3.55. The zero-order valence-electron chi connectivity index (χ0n) is 13.0. The molecule has 0 saturated carbocycles. The van der Waals surface area contributed by atoms with Crippen LogP contribution in [0.1, 0.15) is 38.2 Å². The molecule has 0 atom stereocenters. The minimum absolute atomic E-state index is 0.0498. The molecule has 0 bridgehead atoms. The average molecular weight is 306 g/mol. The van der Waals surface area contributed by atoms with Crippen molar-refractivity contribution in [2.45, 2.75) is 33.3 Å². The summed E-state index contributed by atoms with van der Waals surface area (Å²) in [7, 11) is 0. The number of esters is 1.